The molecule has 1 saturated carbocycles. The lowest BCUT2D eigenvalue weighted by Gasteiger charge is -2.37. The quantitative estimate of drug-likeness (QED) is 0.850. The number of piperidine rings is 1. The molecule has 1 aliphatic carbocycles. The number of benzene rings is 1. The van der Waals surface area contributed by atoms with E-state index in [2.05, 4.69) is 31.0 Å². The molecule has 1 heterocycles. The van der Waals surface area contributed by atoms with Gasteiger partial charge in [0.25, 0.3) is 0 Å². The molecule has 1 aromatic rings. The molecule has 1 saturated heterocycles. The molecule has 2 N–H and O–H groups in total. The van der Waals surface area contributed by atoms with Gasteiger partial charge in [-0.3, -0.25) is 0 Å². The molecule has 0 spiro atoms. The lowest BCUT2D eigenvalue weighted by molar-refractivity contribution is 0.0750. The van der Waals surface area contributed by atoms with Crippen molar-refractivity contribution in [1.82, 2.24) is 4.90 Å². The molecule has 3 rings (SSSR count). The Hall–Kier alpha value is -1.26. The number of ether oxygens (including phenoxy) is 2. The standard InChI is InChI=1S/C18H28N2O2/c1-12-8-17(19)18(22-15-4-5-15)10-16(12)13-6-7-20(2)14(9-13)11-21-3/h8,10,13-15H,4-7,9,11,19H2,1-3H3. The van der Waals surface area contributed by atoms with E-state index in [4.69, 9.17) is 15.2 Å². The zero-order valence-electron chi connectivity index (χ0n) is 14.0. The number of nitrogen functional groups attached to an aromatic ring is 1. The van der Waals surface area contributed by atoms with Crippen LogP contribution in [0.25, 0.3) is 0 Å². The van der Waals surface area contributed by atoms with Crippen molar-refractivity contribution in [3.05, 3.63) is 23.3 Å². The summed E-state index contributed by atoms with van der Waals surface area (Å²) in [6, 6.07) is 4.77. The molecule has 0 aromatic heterocycles. The van der Waals surface area contributed by atoms with Gasteiger partial charge in [0.1, 0.15) is 5.75 Å². The maximum absolute atomic E-state index is 6.14. The van der Waals surface area contributed by atoms with Crippen LogP contribution in [0.5, 0.6) is 5.75 Å². The topological polar surface area (TPSA) is 47.7 Å². The lowest BCUT2D eigenvalue weighted by Crippen LogP contribution is -2.41. The molecule has 2 unspecified atom stereocenters. The van der Waals surface area contributed by atoms with Crippen molar-refractivity contribution in [1.29, 1.82) is 0 Å². The Kier molecular flexibility index (Phi) is 4.59. The third kappa shape index (κ3) is 3.39. The van der Waals surface area contributed by atoms with Crippen LogP contribution < -0.4 is 10.5 Å². The minimum atomic E-state index is 0.386. The minimum Gasteiger partial charge on any atom is -0.488 e. The largest absolute Gasteiger partial charge is 0.488 e. The van der Waals surface area contributed by atoms with Gasteiger partial charge in [0.15, 0.2) is 0 Å². The molecule has 0 radical (unpaired) electrons. The van der Waals surface area contributed by atoms with Gasteiger partial charge in [-0.2, -0.15) is 0 Å². The number of rotatable bonds is 5. The Morgan fingerprint density at radius 1 is 1.27 bits per heavy atom. The van der Waals surface area contributed by atoms with Gasteiger partial charge in [-0.15, -0.1) is 0 Å². The fourth-order valence-corrected chi connectivity index (χ4v) is 3.47. The minimum absolute atomic E-state index is 0.386. The van der Waals surface area contributed by atoms with Crippen molar-refractivity contribution in [2.75, 3.05) is 33.0 Å². The highest BCUT2D eigenvalue weighted by Crippen LogP contribution is 2.38. The highest BCUT2D eigenvalue weighted by Gasteiger charge is 2.29. The first-order chi connectivity index (χ1) is 10.6. The monoisotopic (exact) mass is 304 g/mol. The molecule has 0 amide bonds. The van der Waals surface area contributed by atoms with E-state index in [1.165, 1.54) is 17.5 Å². The van der Waals surface area contributed by atoms with Crippen molar-refractivity contribution in [3.8, 4) is 5.75 Å². The fraction of sp³-hybridized carbons (Fsp3) is 0.667. The summed E-state index contributed by atoms with van der Waals surface area (Å²) in [5.41, 5.74) is 9.60. The number of likely N-dealkylation sites (tertiary alicyclic amines) is 1. The van der Waals surface area contributed by atoms with Crippen LogP contribution >= 0.6 is 0 Å². The first-order valence-corrected chi connectivity index (χ1v) is 8.34. The van der Waals surface area contributed by atoms with Crippen molar-refractivity contribution in [2.45, 2.75) is 50.7 Å². The van der Waals surface area contributed by atoms with Crippen LogP contribution in [0.15, 0.2) is 12.1 Å². The first-order valence-electron chi connectivity index (χ1n) is 8.34. The van der Waals surface area contributed by atoms with Gasteiger partial charge >= 0.3 is 0 Å². The van der Waals surface area contributed by atoms with Gasteiger partial charge in [-0.25, -0.2) is 0 Å². The molecule has 1 aliphatic heterocycles. The van der Waals surface area contributed by atoms with Crippen LogP contribution in [0.1, 0.15) is 42.7 Å². The predicted molar refractivity (Wildman–Crippen MR) is 89.5 cm³/mol. The summed E-state index contributed by atoms with van der Waals surface area (Å²) in [5.74, 6) is 1.45. The Balaban J connectivity index is 1.80. The van der Waals surface area contributed by atoms with Crippen molar-refractivity contribution in [3.63, 3.8) is 0 Å². The van der Waals surface area contributed by atoms with E-state index in [9.17, 15) is 0 Å². The van der Waals surface area contributed by atoms with Gasteiger partial charge < -0.3 is 20.1 Å². The molecule has 22 heavy (non-hydrogen) atoms. The molecular formula is C18H28N2O2. The molecule has 2 atom stereocenters. The number of hydrogen-bond donors (Lipinski definition) is 1. The molecule has 0 bridgehead atoms. The number of aryl methyl sites for hydroxylation is 1. The Bertz CT molecular complexity index is 528. The van der Waals surface area contributed by atoms with Gasteiger partial charge in [-0.05, 0) is 75.4 Å². The Labute approximate surface area is 133 Å². The third-order valence-electron chi connectivity index (χ3n) is 5.03. The van der Waals surface area contributed by atoms with Gasteiger partial charge in [-0.1, -0.05) is 0 Å². The predicted octanol–water partition coefficient (Wildman–Crippen LogP) is 2.94. The number of nitrogens with two attached hydrogens (primary N) is 1. The maximum atomic E-state index is 6.14. The molecule has 4 nitrogen and oxygen atoms in total. The van der Waals surface area contributed by atoms with Crippen LogP contribution in [-0.4, -0.2) is 44.4 Å². The van der Waals surface area contributed by atoms with E-state index in [0.29, 0.717) is 18.1 Å². The van der Waals surface area contributed by atoms with E-state index in [1.807, 2.05) is 0 Å². The van der Waals surface area contributed by atoms with Crippen LogP contribution in [-0.2, 0) is 4.74 Å². The second-order valence-electron chi connectivity index (χ2n) is 6.87. The average Bonchev–Trinajstić information content (AvgIpc) is 3.29. The van der Waals surface area contributed by atoms with Crippen molar-refractivity contribution >= 4 is 5.69 Å². The smallest absolute Gasteiger partial charge is 0.142 e. The second-order valence-corrected chi connectivity index (χ2v) is 6.87. The zero-order valence-corrected chi connectivity index (χ0v) is 14.0. The number of anilines is 1. The van der Waals surface area contributed by atoms with Gasteiger partial charge in [0.2, 0.25) is 0 Å². The summed E-state index contributed by atoms with van der Waals surface area (Å²) in [7, 11) is 3.98. The van der Waals surface area contributed by atoms with Crippen molar-refractivity contribution < 1.29 is 9.47 Å². The highest BCUT2D eigenvalue weighted by molar-refractivity contribution is 5.57. The van der Waals surface area contributed by atoms with E-state index in [1.54, 1.807) is 7.11 Å². The summed E-state index contributed by atoms with van der Waals surface area (Å²) in [6.45, 7) is 4.07. The van der Waals surface area contributed by atoms with Crippen LogP contribution in [0.4, 0.5) is 5.69 Å². The summed E-state index contributed by atoms with van der Waals surface area (Å²) in [4.78, 5) is 2.41. The molecule has 2 aliphatic rings. The number of methoxy groups -OCH3 is 1. The maximum Gasteiger partial charge on any atom is 0.142 e. The molecule has 2 fully saturated rings. The summed E-state index contributed by atoms with van der Waals surface area (Å²) < 4.78 is 11.4. The summed E-state index contributed by atoms with van der Waals surface area (Å²) in [6.07, 6.45) is 5.03. The third-order valence-corrected chi connectivity index (χ3v) is 5.03. The average molecular weight is 304 g/mol. The lowest BCUT2D eigenvalue weighted by atomic mass is 9.83. The van der Waals surface area contributed by atoms with Crippen LogP contribution in [0, 0.1) is 6.92 Å². The number of nitrogens with zero attached hydrogens (tertiary/aromatic N) is 1. The molecule has 1 aromatic carbocycles. The van der Waals surface area contributed by atoms with E-state index in [0.717, 1.165) is 43.9 Å². The Morgan fingerprint density at radius 2 is 2.05 bits per heavy atom. The van der Waals surface area contributed by atoms with Crippen LogP contribution in [0.2, 0.25) is 0 Å². The summed E-state index contributed by atoms with van der Waals surface area (Å²) in [5, 5.41) is 0. The first kappa shape index (κ1) is 15.6. The van der Waals surface area contributed by atoms with E-state index >= 15 is 0 Å². The summed E-state index contributed by atoms with van der Waals surface area (Å²) >= 11 is 0. The fourth-order valence-electron chi connectivity index (χ4n) is 3.47. The van der Waals surface area contributed by atoms with E-state index < -0.39 is 0 Å². The van der Waals surface area contributed by atoms with Gasteiger partial charge in [0, 0.05) is 13.2 Å². The normalized spacial score (nSPS) is 26.1. The van der Waals surface area contributed by atoms with E-state index in [-0.39, 0.29) is 0 Å². The van der Waals surface area contributed by atoms with Crippen LogP contribution in [0.3, 0.4) is 0 Å². The Morgan fingerprint density at radius 3 is 2.73 bits per heavy atom. The SMILES string of the molecule is COCC1CC(c2cc(OC3CC3)c(N)cc2C)CCN1C. The highest BCUT2D eigenvalue weighted by atomic mass is 16.5. The molecule has 4 heteroatoms. The second kappa shape index (κ2) is 6.47. The number of hydrogen-bond acceptors (Lipinski definition) is 4. The molecule has 122 valence electrons. The van der Waals surface area contributed by atoms with Gasteiger partial charge in [0.05, 0.1) is 18.4 Å². The number of likely N-dealkylation sites (N-methyl/N-ethyl adjacent to an activating group) is 1. The molecular weight excluding hydrogens is 276 g/mol. The van der Waals surface area contributed by atoms with Crippen molar-refractivity contribution in [2.24, 2.45) is 0 Å². The zero-order chi connectivity index (χ0) is 15.7.